The average Bonchev–Trinajstić information content (AvgIpc) is 3.41. The molecule has 0 fully saturated rings. The van der Waals surface area contributed by atoms with Gasteiger partial charge >= 0.3 is 0 Å². The third-order valence-corrected chi connectivity index (χ3v) is 4.60. The molecule has 0 saturated heterocycles. The van der Waals surface area contributed by atoms with Gasteiger partial charge in [0.05, 0.1) is 20.5 Å². The molecule has 4 aromatic rings. The van der Waals surface area contributed by atoms with E-state index < -0.39 is 5.97 Å². The van der Waals surface area contributed by atoms with Crippen LogP contribution in [0.15, 0.2) is 45.8 Å². The predicted molar refractivity (Wildman–Crippen MR) is 106 cm³/mol. The minimum atomic E-state index is -0.833. The standard InChI is InChI=1S/C17H13N3O4S.C2H4O2/c1-22-12-6-5-10(8-13(12)23-2)15-18-17-20(19-15)16(21)14(25-17)9-11-4-3-7-24-11;1-2(3)4/h3-9H,1-2H3;1H3,(H,3,4). The summed E-state index contributed by atoms with van der Waals surface area (Å²) >= 11 is 1.26. The van der Waals surface area contributed by atoms with Crippen LogP contribution in [0.4, 0.5) is 0 Å². The van der Waals surface area contributed by atoms with Crippen LogP contribution in [-0.2, 0) is 4.79 Å². The van der Waals surface area contributed by atoms with Gasteiger partial charge in [-0.15, -0.1) is 5.10 Å². The van der Waals surface area contributed by atoms with Crippen LogP contribution in [0.5, 0.6) is 11.5 Å². The van der Waals surface area contributed by atoms with Gasteiger partial charge in [-0.05, 0) is 30.3 Å². The molecule has 0 amide bonds. The third-order valence-electron chi connectivity index (χ3n) is 3.64. The highest BCUT2D eigenvalue weighted by atomic mass is 32.1. The second-order valence-electron chi connectivity index (χ2n) is 5.65. The molecule has 3 aromatic heterocycles. The Morgan fingerprint density at radius 2 is 1.97 bits per heavy atom. The number of furan rings is 1. The Kier molecular flexibility index (Phi) is 5.93. The van der Waals surface area contributed by atoms with Crippen molar-refractivity contribution in [2.24, 2.45) is 0 Å². The third kappa shape index (κ3) is 4.43. The summed E-state index contributed by atoms with van der Waals surface area (Å²) in [6.45, 7) is 1.08. The van der Waals surface area contributed by atoms with E-state index in [4.69, 9.17) is 23.8 Å². The Hall–Kier alpha value is -3.66. The summed E-state index contributed by atoms with van der Waals surface area (Å²) in [4.78, 5) is 26.4. The zero-order valence-electron chi connectivity index (χ0n) is 15.8. The molecule has 9 nitrogen and oxygen atoms in total. The number of benzene rings is 1. The van der Waals surface area contributed by atoms with Crippen LogP contribution < -0.4 is 19.6 Å². The molecule has 4 rings (SSSR count). The number of thiazole rings is 1. The molecule has 0 aliphatic heterocycles. The maximum Gasteiger partial charge on any atom is 0.300 e. The van der Waals surface area contributed by atoms with Crippen molar-refractivity contribution < 1.29 is 23.8 Å². The number of hydrogen-bond acceptors (Lipinski definition) is 8. The first-order chi connectivity index (χ1) is 13.9. The van der Waals surface area contributed by atoms with E-state index in [0.29, 0.717) is 32.6 Å². The number of aliphatic carboxylic acids is 1. The number of rotatable bonds is 4. The number of aromatic nitrogens is 3. The first-order valence-corrected chi connectivity index (χ1v) is 9.11. The average molecular weight is 415 g/mol. The number of carboxylic acid groups (broad SMARTS) is 1. The Labute approximate surface area is 168 Å². The molecule has 0 spiro atoms. The smallest absolute Gasteiger partial charge is 0.300 e. The summed E-state index contributed by atoms with van der Waals surface area (Å²) in [5.74, 6) is 1.43. The van der Waals surface area contributed by atoms with Gasteiger partial charge in [0.1, 0.15) is 10.3 Å². The second kappa shape index (κ2) is 8.57. The van der Waals surface area contributed by atoms with E-state index >= 15 is 0 Å². The van der Waals surface area contributed by atoms with Gasteiger partial charge in [-0.25, -0.2) is 0 Å². The molecular weight excluding hydrogens is 398 g/mol. The molecule has 0 aliphatic carbocycles. The zero-order valence-corrected chi connectivity index (χ0v) is 16.6. The number of methoxy groups -OCH3 is 2. The maximum atomic E-state index is 12.5. The molecule has 3 heterocycles. The van der Waals surface area contributed by atoms with Crippen LogP contribution in [-0.4, -0.2) is 39.9 Å². The van der Waals surface area contributed by atoms with Gasteiger partial charge in [0.2, 0.25) is 4.96 Å². The number of carbonyl (C=O) groups is 1. The first-order valence-electron chi connectivity index (χ1n) is 8.29. The van der Waals surface area contributed by atoms with E-state index in [9.17, 15) is 4.79 Å². The SMILES string of the molecule is CC(=O)O.COc1ccc(-c2nc3sc(=Cc4ccco4)c(=O)n3n2)cc1OC. The summed E-state index contributed by atoms with van der Waals surface area (Å²) < 4.78 is 17.6. The van der Waals surface area contributed by atoms with Crippen LogP contribution in [0, 0.1) is 0 Å². The molecule has 29 heavy (non-hydrogen) atoms. The quantitative estimate of drug-likeness (QED) is 0.538. The van der Waals surface area contributed by atoms with Crippen molar-refractivity contribution in [3.63, 3.8) is 0 Å². The van der Waals surface area contributed by atoms with Crippen LogP contribution in [0.25, 0.3) is 22.4 Å². The molecule has 0 aliphatic rings. The maximum absolute atomic E-state index is 12.5. The molecule has 0 saturated carbocycles. The fourth-order valence-corrected chi connectivity index (χ4v) is 3.32. The summed E-state index contributed by atoms with van der Waals surface area (Å²) in [5, 5.41) is 11.7. The molecule has 0 unspecified atom stereocenters. The lowest BCUT2D eigenvalue weighted by Crippen LogP contribution is -2.23. The summed E-state index contributed by atoms with van der Waals surface area (Å²) in [6, 6.07) is 8.92. The Morgan fingerprint density at radius 1 is 1.24 bits per heavy atom. The molecule has 1 aromatic carbocycles. The molecule has 0 bridgehead atoms. The van der Waals surface area contributed by atoms with Gasteiger partial charge in [-0.3, -0.25) is 9.59 Å². The van der Waals surface area contributed by atoms with Crippen molar-refractivity contribution >= 4 is 28.3 Å². The lowest BCUT2D eigenvalue weighted by atomic mass is 10.2. The van der Waals surface area contributed by atoms with Crippen LogP contribution in [0.3, 0.4) is 0 Å². The van der Waals surface area contributed by atoms with E-state index in [-0.39, 0.29) is 5.56 Å². The van der Waals surface area contributed by atoms with Gasteiger partial charge in [0, 0.05) is 18.6 Å². The molecular formula is C19H17N3O6S. The zero-order chi connectivity index (χ0) is 21.0. The van der Waals surface area contributed by atoms with Gasteiger partial charge in [0.15, 0.2) is 17.3 Å². The Morgan fingerprint density at radius 3 is 2.55 bits per heavy atom. The van der Waals surface area contributed by atoms with Crippen LogP contribution >= 0.6 is 11.3 Å². The van der Waals surface area contributed by atoms with Crippen LogP contribution in [0.1, 0.15) is 12.7 Å². The summed E-state index contributed by atoms with van der Waals surface area (Å²) in [6.07, 6.45) is 3.24. The highest BCUT2D eigenvalue weighted by Crippen LogP contribution is 2.31. The van der Waals surface area contributed by atoms with Crippen molar-refractivity contribution in [2.45, 2.75) is 6.92 Å². The number of fused-ring (bicyclic) bond motifs is 1. The van der Waals surface area contributed by atoms with E-state index in [0.717, 1.165) is 12.5 Å². The molecule has 0 atom stereocenters. The van der Waals surface area contributed by atoms with Crippen molar-refractivity contribution in [3.05, 3.63) is 57.2 Å². The normalized spacial score (nSPS) is 11.2. The highest BCUT2D eigenvalue weighted by molar-refractivity contribution is 7.15. The number of nitrogens with zero attached hydrogens (tertiary/aromatic N) is 3. The van der Waals surface area contributed by atoms with Crippen LogP contribution in [0.2, 0.25) is 0 Å². The van der Waals surface area contributed by atoms with Crippen molar-refractivity contribution in [1.82, 2.24) is 14.6 Å². The number of hydrogen-bond donors (Lipinski definition) is 1. The highest BCUT2D eigenvalue weighted by Gasteiger charge is 2.14. The molecule has 10 heteroatoms. The number of carboxylic acids is 1. The minimum absolute atomic E-state index is 0.226. The van der Waals surface area contributed by atoms with Crippen molar-refractivity contribution in [2.75, 3.05) is 14.2 Å². The van der Waals surface area contributed by atoms with Gasteiger partial charge < -0.3 is 19.0 Å². The van der Waals surface area contributed by atoms with Crippen molar-refractivity contribution in [1.29, 1.82) is 0 Å². The summed E-state index contributed by atoms with van der Waals surface area (Å²) in [7, 11) is 3.14. The summed E-state index contributed by atoms with van der Waals surface area (Å²) in [5.41, 5.74) is 0.514. The van der Waals surface area contributed by atoms with Gasteiger partial charge in [-0.2, -0.15) is 9.50 Å². The molecule has 0 radical (unpaired) electrons. The van der Waals surface area contributed by atoms with Crippen molar-refractivity contribution in [3.8, 4) is 22.9 Å². The van der Waals surface area contributed by atoms with Gasteiger partial charge in [0.25, 0.3) is 11.5 Å². The molecule has 1 N–H and O–H groups in total. The van der Waals surface area contributed by atoms with E-state index in [1.54, 1.807) is 50.8 Å². The lowest BCUT2D eigenvalue weighted by Gasteiger charge is -2.07. The Balaban J connectivity index is 0.000000552. The molecule has 150 valence electrons. The largest absolute Gasteiger partial charge is 0.493 e. The fourth-order valence-electron chi connectivity index (χ4n) is 2.43. The monoisotopic (exact) mass is 415 g/mol. The predicted octanol–water partition coefficient (Wildman–Crippen LogP) is 2.07. The van der Waals surface area contributed by atoms with Gasteiger partial charge in [-0.1, -0.05) is 11.3 Å². The number of ether oxygens (including phenoxy) is 2. The topological polar surface area (TPSA) is 116 Å². The van der Waals surface area contributed by atoms with E-state index in [1.807, 2.05) is 6.07 Å². The minimum Gasteiger partial charge on any atom is -0.493 e. The lowest BCUT2D eigenvalue weighted by molar-refractivity contribution is -0.134. The fraction of sp³-hybridized carbons (Fsp3) is 0.158. The first kappa shape index (κ1) is 20.1. The second-order valence-corrected chi connectivity index (χ2v) is 6.66. The van der Waals surface area contributed by atoms with E-state index in [1.165, 1.54) is 15.9 Å². The Bertz CT molecular complexity index is 1240. The van der Waals surface area contributed by atoms with E-state index in [2.05, 4.69) is 10.1 Å².